The van der Waals surface area contributed by atoms with E-state index < -0.39 is 18.7 Å². The van der Waals surface area contributed by atoms with Gasteiger partial charge in [0.1, 0.15) is 11.8 Å². The zero-order chi connectivity index (χ0) is 30.0. The summed E-state index contributed by atoms with van der Waals surface area (Å²) in [6, 6.07) is 16.0. The van der Waals surface area contributed by atoms with Crippen LogP contribution in [-0.4, -0.2) is 42.2 Å². The van der Waals surface area contributed by atoms with Gasteiger partial charge in [-0.25, -0.2) is 4.79 Å². The van der Waals surface area contributed by atoms with E-state index >= 15 is 0 Å². The lowest BCUT2D eigenvalue weighted by atomic mass is 9.93. The molecule has 0 spiro atoms. The monoisotopic (exact) mass is 576 g/mol. The molecule has 3 heterocycles. The summed E-state index contributed by atoms with van der Waals surface area (Å²) in [5.41, 5.74) is 3.35. The Balaban J connectivity index is 1.58. The average Bonchev–Trinajstić information content (AvgIpc) is 2.95. The Bertz CT molecular complexity index is 1710. The van der Waals surface area contributed by atoms with E-state index in [-0.39, 0.29) is 41.8 Å². The number of likely N-dealkylation sites (N-methyl/N-ethyl adjacent to an activating group) is 1. The van der Waals surface area contributed by atoms with E-state index in [2.05, 4.69) is 15.6 Å². The van der Waals surface area contributed by atoms with Crippen LogP contribution in [0.5, 0.6) is 5.75 Å². The van der Waals surface area contributed by atoms with E-state index in [4.69, 9.17) is 9.47 Å². The molecule has 42 heavy (non-hydrogen) atoms. The molecular weight excluding hydrogens is 546 g/mol. The summed E-state index contributed by atoms with van der Waals surface area (Å²) < 4.78 is 36.5. The highest BCUT2D eigenvalue weighted by Gasteiger charge is 2.27. The van der Waals surface area contributed by atoms with Crippen molar-refractivity contribution in [2.45, 2.75) is 39.0 Å². The zero-order valence-corrected chi connectivity index (χ0v) is 23.2. The number of aromatic nitrogens is 1. The van der Waals surface area contributed by atoms with Gasteiger partial charge in [-0.1, -0.05) is 31.2 Å². The predicted molar refractivity (Wildman–Crippen MR) is 155 cm³/mol. The summed E-state index contributed by atoms with van der Waals surface area (Å²) in [6.07, 6.45) is 0.876. The summed E-state index contributed by atoms with van der Waals surface area (Å²) in [5.74, 6) is -0.631. The number of hydrogen-bond acceptors (Lipinski definition) is 6. The molecule has 2 atom stereocenters. The summed E-state index contributed by atoms with van der Waals surface area (Å²) in [6.45, 7) is 0.752. The van der Waals surface area contributed by atoms with Gasteiger partial charge in [0.15, 0.2) is 0 Å². The van der Waals surface area contributed by atoms with Crippen LogP contribution in [0.1, 0.15) is 41.1 Å². The maximum Gasteiger partial charge on any atom is 0.411 e. The molecule has 9 nitrogen and oxygen atoms in total. The SMILES string of the molecule is Cc1cc2ccc1[C@@H](C)COC(=O)Nc1ccc(OC(F)F)c(c1)CN(C)C(=O)[C@@H]2Nc1ccc2cc[nH]c(=O)c2c1. The van der Waals surface area contributed by atoms with E-state index in [0.717, 1.165) is 16.5 Å². The average molecular weight is 577 g/mol. The molecule has 11 heteroatoms. The molecule has 0 saturated carbocycles. The van der Waals surface area contributed by atoms with Gasteiger partial charge in [0.05, 0.1) is 6.61 Å². The van der Waals surface area contributed by atoms with Crippen molar-refractivity contribution >= 4 is 34.1 Å². The Morgan fingerprint density at radius 2 is 1.86 bits per heavy atom. The summed E-state index contributed by atoms with van der Waals surface area (Å²) in [4.78, 5) is 43.0. The molecule has 0 radical (unpaired) electrons. The molecule has 2 aliphatic heterocycles. The third-order valence-electron chi connectivity index (χ3n) is 7.26. The third-order valence-corrected chi connectivity index (χ3v) is 7.26. The van der Waals surface area contributed by atoms with Gasteiger partial charge < -0.3 is 24.7 Å². The number of aromatic amines is 1. The van der Waals surface area contributed by atoms with E-state index in [1.165, 1.54) is 23.1 Å². The molecule has 3 aromatic carbocycles. The van der Waals surface area contributed by atoms with E-state index in [0.29, 0.717) is 22.3 Å². The highest BCUT2D eigenvalue weighted by atomic mass is 19.3. The second-order valence-electron chi connectivity index (χ2n) is 10.3. The van der Waals surface area contributed by atoms with Gasteiger partial charge in [-0.15, -0.1) is 0 Å². The fourth-order valence-corrected chi connectivity index (χ4v) is 5.15. The number of carbonyl (C=O) groups is 2. The highest BCUT2D eigenvalue weighted by Crippen LogP contribution is 2.31. The van der Waals surface area contributed by atoms with Crippen molar-refractivity contribution in [2.75, 3.05) is 24.3 Å². The van der Waals surface area contributed by atoms with Crippen molar-refractivity contribution in [3.05, 3.63) is 99.5 Å². The number of rotatable bonds is 4. The zero-order valence-electron chi connectivity index (χ0n) is 23.2. The molecule has 0 fully saturated rings. The second-order valence-corrected chi connectivity index (χ2v) is 10.3. The number of nitrogens with zero attached hydrogens (tertiary/aromatic N) is 1. The topological polar surface area (TPSA) is 113 Å². The molecule has 4 aromatic rings. The van der Waals surface area contributed by atoms with Crippen LogP contribution in [0.25, 0.3) is 10.8 Å². The quantitative estimate of drug-likeness (QED) is 0.278. The summed E-state index contributed by atoms with van der Waals surface area (Å²) in [5, 5.41) is 7.10. The van der Waals surface area contributed by atoms with Gasteiger partial charge in [0, 0.05) is 48.0 Å². The number of nitrogens with one attached hydrogen (secondary N) is 3. The molecule has 0 saturated heterocycles. The largest absolute Gasteiger partial charge is 0.449 e. The number of benzene rings is 3. The smallest absolute Gasteiger partial charge is 0.411 e. The Labute approximate surface area is 240 Å². The van der Waals surface area contributed by atoms with Gasteiger partial charge in [-0.05, 0) is 65.4 Å². The fraction of sp³-hybridized carbons (Fsp3) is 0.258. The molecule has 0 aliphatic carbocycles. The number of pyridine rings is 1. The first-order valence-electron chi connectivity index (χ1n) is 13.3. The van der Waals surface area contributed by atoms with Crippen LogP contribution in [0.4, 0.5) is 25.0 Å². The van der Waals surface area contributed by atoms with Crippen LogP contribution in [0, 0.1) is 6.92 Å². The standard InChI is InChI=1S/C31H30F2N4O5/c1-17-12-20-5-8-24(17)18(2)16-41-31(40)36-22-7-9-26(42-30(32)33)21(13-22)15-37(3)29(39)27(20)35-23-6-4-19-10-11-34-28(38)25(19)14-23/h4-14,18,27,30,35H,15-16H2,1-3H3,(H,34,38)(H,36,40)/t18-,27+/m0/s1. The van der Waals surface area contributed by atoms with Crippen LogP contribution >= 0.6 is 0 Å². The lowest BCUT2D eigenvalue weighted by Crippen LogP contribution is -2.35. The van der Waals surface area contributed by atoms with Gasteiger partial charge in [0.25, 0.3) is 5.56 Å². The number of aryl methyl sites for hydroxylation is 1. The van der Waals surface area contributed by atoms with Gasteiger partial charge in [-0.2, -0.15) is 8.78 Å². The number of hydrogen-bond donors (Lipinski definition) is 3. The Kier molecular flexibility index (Phi) is 8.10. The maximum absolute atomic E-state index is 14.0. The van der Waals surface area contributed by atoms with Crippen molar-refractivity contribution in [3.63, 3.8) is 0 Å². The molecule has 1 aromatic heterocycles. The van der Waals surface area contributed by atoms with Gasteiger partial charge >= 0.3 is 12.7 Å². The van der Waals surface area contributed by atoms with Crippen LogP contribution in [0.2, 0.25) is 0 Å². The van der Waals surface area contributed by atoms with Crippen molar-refractivity contribution < 1.29 is 27.8 Å². The van der Waals surface area contributed by atoms with Gasteiger partial charge in [-0.3, -0.25) is 14.9 Å². The number of fused-ring (bicyclic) bond motifs is 10. The minimum absolute atomic E-state index is 0.0977. The number of halogens is 2. The lowest BCUT2D eigenvalue weighted by Gasteiger charge is -2.28. The highest BCUT2D eigenvalue weighted by molar-refractivity contribution is 5.89. The number of carbonyl (C=O) groups excluding carboxylic acids is 2. The van der Waals surface area contributed by atoms with Gasteiger partial charge in [0.2, 0.25) is 5.91 Å². The Hall–Kier alpha value is -4.93. The Morgan fingerprint density at radius 1 is 1.05 bits per heavy atom. The predicted octanol–water partition coefficient (Wildman–Crippen LogP) is 5.92. The molecule has 218 valence electrons. The summed E-state index contributed by atoms with van der Waals surface area (Å²) >= 11 is 0. The first kappa shape index (κ1) is 28.6. The first-order valence-corrected chi connectivity index (χ1v) is 13.3. The van der Waals surface area contributed by atoms with Crippen molar-refractivity contribution in [3.8, 4) is 5.75 Å². The van der Waals surface area contributed by atoms with Crippen LogP contribution in [0.15, 0.2) is 71.7 Å². The van der Waals surface area contributed by atoms with E-state index in [1.54, 1.807) is 37.5 Å². The molecule has 2 aliphatic rings. The molecule has 6 rings (SSSR count). The van der Waals surface area contributed by atoms with Crippen LogP contribution in [0.3, 0.4) is 0 Å². The molecule has 2 amide bonds. The number of anilines is 2. The summed E-state index contributed by atoms with van der Waals surface area (Å²) in [7, 11) is 1.55. The number of amides is 2. The fourth-order valence-electron chi connectivity index (χ4n) is 5.15. The van der Waals surface area contributed by atoms with Crippen LogP contribution in [-0.2, 0) is 16.1 Å². The number of alkyl halides is 2. The second kappa shape index (κ2) is 11.9. The van der Waals surface area contributed by atoms with Crippen molar-refractivity contribution in [2.24, 2.45) is 0 Å². The molecule has 4 bridgehead atoms. The molecular formula is C31H30F2N4O5. The van der Waals surface area contributed by atoms with Crippen molar-refractivity contribution in [1.29, 1.82) is 0 Å². The number of ether oxygens (including phenoxy) is 2. The third kappa shape index (κ3) is 6.19. The minimum Gasteiger partial charge on any atom is -0.449 e. The van der Waals surface area contributed by atoms with Crippen molar-refractivity contribution in [1.82, 2.24) is 9.88 Å². The normalized spacial score (nSPS) is 17.7. The molecule has 3 N–H and O–H groups in total. The maximum atomic E-state index is 14.0. The Morgan fingerprint density at radius 3 is 2.62 bits per heavy atom. The van der Waals surface area contributed by atoms with E-state index in [1.807, 2.05) is 32.0 Å². The minimum atomic E-state index is -3.08. The molecule has 0 unspecified atom stereocenters. The van der Waals surface area contributed by atoms with Crippen LogP contribution < -0.4 is 20.9 Å². The lowest BCUT2D eigenvalue weighted by molar-refractivity contribution is -0.131. The number of H-pyrrole nitrogens is 1. The van der Waals surface area contributed by atoms with E-state index in [9.17, 15) is 23.2 Å². The first-order chi connectivity index (χ1) is 20.1.